The highest BCUT2D eigenvalue weighted by Crippen LogP contribution is 2.42. The first-order chi connectivity index (χ1) is 20.6. The summed E-state index contributed by atoms with van der Waals surface area (Å²) in [4.78, 5) is 27.7. The molecular formula is C31H38F3N3O6. The lowest BCUT2D eigenvalue weighted by molar-refractivity contribution is -0.276. The number of alkyl halides is 3. The van der Waals surface area contributed by atoms with Crippen LogP contribution >= 0.6 is 0 Å². The van der Waals surface area contributed by atoms with Gasteiger partial charge in [-0.15, -0.1) is 0 Å². The van der Waals surface area contributed by atoms with Crippen molar-refractivity contribution < 1.29 is 42.4 Å². The Morgan fingerprint density at radius 3 is 2.44 bits per heavy atom. The molecule has 5 rings (SSSR count). The summed E-state index contributed by atoms with van der Waals surface area (Å²) >= 11 is 0. The van der Waals surface area contributed by atoms with E-state index in [1.165, 1.54) is 0 Å². The number of anilines is 1. The molecule has 0 unspecified atom stereocenters. The maximum Gasteiger partial charge on any atom is 0.471 e. The second-order valence-corrected chi connectivity index (χ2v) is 11.6. The Morgan fingerprint density at radius 2 is 1.74 bits per heavy atom. The molecule has 2 aromatic rings. The highest BCUT2D eigenvalue weighted by molar-refractivity contribution is 5.98. The molecule has 9 nitrogen and oxygen atoms in total. The first kappa shape index (κ1) is 31.4. The van der Waals surface area contributed by atoms with E-state index in [-0.39, 0.29) is 50.3 Å². The monoisotopic (exact) mass is 605 g/mol. The van der Waals surface area contributed by atoms with Crippen LogP contribution in [0.3, 0.4) is 0 Å². The van der Waals surface area contributed by atoms with Crippen LogP contribution < -0.4 is 5.32 Å². The van der Waals surface area contributed by atoms with Crippen LogP contribution in [-0.2, 0) is 25.7 Å². The minimum absolute atomic E-state index is 0.0569. The van der Waals surface area contributed by atoms with Gasteiger partial charge in [0.2, 0.25) is 5.91 Å². The summed E-state index contributed by atoms with van der Waals surface area (Å²) in [6.45, 7) is 3.38. The summed E-state index contributed by atoms with van der Waals surface area (Å²) in [6.07, 6.45) is -4.12. The van der Waals surface area contributed by atoms with Crippen LogP contribution in [0.4, 0.5) is 18.9 Å². The van der Waals surface area contributed by atoms with Gasteiger partial charge in [-0.2, -0.15) is 13.2 Å². The molecule has 0 aromatic heterocycles. The van der Waals surface area contributed by atoms with Crippen molar-refractivity contribution in [1.82, 2.24) is 9.80 Å². The standard InChI is InChI=1S/C31H38F3N3O6/c1-19-26(16-36-13-3-7-24(36)18-39)42-29(43-27(19)21-11-9-20(17-38)10-12-21)22-5-2-6-23(15-22)35-28(40)25-8-4-14-37(25)30(41)31(32,33)34/h2,5-6,9-12,15,19,24-27,29,38-39H,3-4,7-8,13-14,16-18H2,1H3,(H,35,40)/t19-,24+,25+,26+,27+,29+/m1/s1. The number of likely N-dealkylation sites (tertiary alicyclic amines) is 2. The summed E-state index contributed by atoms with van der Waals surface area (Å²) in [5.41, 5.74) is 2.66. The highest BCUT2D eigenvalue weighted by atomic mass is 19.4. The van der Waals surface area contributed by atoms with Gasteiger partial charge >= 0.3 is 12.1 Å². The van der Waals surface area contributed by atoms with Gasteiger partial charge in [-0.3, -0.25) is 14.5 Å². The first-order valence-corrected chi connectivity index (χ1v) is 14.7. The number of carbonyl (C=O) groups is 2. The summed E-state index contributed by atoms with van der Waals surface area (Å²) in [7, 11) is 0. The number of nitrogens with one attached hydrogen (secondary N) is 1. The quantitative estimate of drug-likeness (QED) is 0.419. The highest BCUT2D eigenvalue weighted by Gasteiger charge is 2.48. The van der Waals surface area contributed by atoms with Gasteiger partial charge in [0.25, 0.3) is 0 Å². The largest absolute Gasteiger partial charge is 0.471 e. The van der Waals surface area contributed by atoms with E-state index in [9.17, 15) is 33.0 Å². The average Bonchev–Trinajstić information content (AvgIpc) is 3.67. The lowest BCUT2D eigenvalue weighted by Crippen LogP contribution is -2.48. The summed E-state index contributed by atoms with van der Waals surface area (Å²) < 4.78 is 52.2. The zero-order chi connectivity index (χ0) is 30.7. The Kier molecular flexibility index (Phi) is 9.72. The van der Waals surface area contributed by atoms with E-state index in [1.54, 1.807) is 24.3 Å². The van der Waals surface area contributed by atoms with E-state index in [4.69, 9.17) is 9.47 Å². The Hall–Kier alpha value is -3.03. The summed E-state index contributed by atoms with van der Waals surface area (Å²) in [5, 5.41) is 22.0. The van der Waals surface area contributed by atoms with Gasteiger partial charge in [-0.05, 0) is 55.5 Å². The SMILES string of the molecule is C[C@@H]1[C@H](CN2CCC[C@H]2CO)O[C@H](c2cccc(NC(=O)[C@@H]3CCCN3C(=O)C(F)(F)F)c2)O[C@@H]1c1ccc(CO)cc1. The van der Waals surface area contributed by atoms with E-state index < -0.39 is 30.3 Å². The number of rotatable bonds is 8. The molecular weight excluding hydrogens is 567 g/mol. The van der Waals surface area contributed by atoms with Crippen molar-refractivity contribution >= 4 is 17.5 Å². The third-order valence-corrected chi connectivity index (χ3v) is 8.73. The zero-order valence-electron chi connectivity index (χ0n) is 24.0. The lowest BCUT2D eigenvalue weighted by atomic mass is 9.90. The molecule has 3 aliphatic rings. The molecule has 12 heteroatoms. The Morgan fingerprint density at radius 1 is 1.00 bits per heavy atom. The molecule has 234 valence electrons. The maximum absolute atomic E-state index is 13.1. The van der Waals surface area contributed by atoms with Crippen molar-refractivity contribution in [2.75, 3.05) is 31.6 Å². The molecule has 2 aromatic carbocycles. The fourth-order valence-corrected chi connectivity index (χ4v) is 6.34. The van der Waals surface area contributed by atoms with Gasteiger partial charge in [0.1, 0.15) is 6.04 Å². The number of amides is 2. The molecule has 3 fully saturated rings. The van der Waals surface area contributed by atoms with Gasteiger partial charge in [-0.25, -0.2) is 0 Å². The second-order valence-electron chi connectivity index (χ2n) is 11.6. The Labute approximate surface area is 248 Å². The molecule has 0 spiro atoms. The molecule has 0 radical (unpaired) electrons. The van der Waals surface area contributed by atoms with Gasteiger partial charge in [0, 0.05) is 36.3 Å². The molecule has 0 bridgehead atoms. The minimum atomic E-state index is -5.05. The first-order valence-electron chi connectivity index (χ1n) is 14.7. The van der Waals surface area contributed by atoms with Crippen LogP contribution in [0.1, 0.15) is 61.7 Å². The second kappa shape index (κ2) is 13.3. The summed E-state index contributed by atoms with van der Waals surface area (Å²) in [5.74, 6) is -2.75. The number of halogens is 3. The van der Waals surface area contributed by atoms with Gasteiger partial charge < -0.3 is 29.9 Å². The van der Waals surface area contributed by atoms with Crippen molar-refractivity contribution in [1.29, 1.82) is 0 Å². The molecule has 3 aliphatic heterocycles. The van der Waals surface area contributed by atoms with Crippen LogP contribution in [0.25, 0.3) is 0 Å². The fourth-order valence-electron chi connectivity index (χ4n) is 6.34. The molecule has 3 N–H and O–H groups in total. The van der Waals surface area contributed by atoms with Gasteiger partial charge in [0.05, 0.1) is 25.4 Å². The predicted octanol–water partition coefficient (Wildman–Crippen LogP) is 3.92. The smallest absolute Gasteiger partial charge is 0.395 e. The number of ether oxygens (including phenoxy) is 2. The molecule has 6 atom stereocenters. The van der Waals surface area contributed by atoms with Crippen LogP contribution in [0.2, 0.25) is 0 Å². The third-order valence-electron chi connectivity index (χ3n) is 8.73. The van der Waals surface area contributed by atoms with Crippen LogP contribution in [0.5, 0.6) is 0 Å². The molecule has 0 aliphatic carbocycles. The van der Waals surface area contributed by atoms with Gasteiger partial charge in [0.15, 0.2) is 6.29 Å². The number of carbonyl (C=O) groups excluding carboxylic acids is 2. The maximum atomic E-state index is 13.1. The number of aliphatic hydroxyl groups is 2. The van der Waals surface area contributed by atoms with E-state index in [1.807, 2.05) is 24.3 Å². The van der Waals surface area contributed by atoms with E-state index in [2.05, 4.69) is 17.1 Å². The number of hydrogen-bond acceptors (Lipinski definition) is 7. The molecule has 0 saturated carbocycles. The normalized spacial score (nSPS) is 28.3. The number of aliphatic hydroxyl groups excluding tert-OH is 2. The summed E-state index contributed by atoms with van der Waals surface area (Å²) in [6, 6.07) is 13.2. The zero-order valence-corrected chi connectivity index (χ0v) is 24.0. The number of benzene rings is 2. The van der Waals surface area contributed by atoms with Crippen molar-refractivity contribution in [3.8, 4) is 0 Å². The van der Waals surface area contributed by atoms with E-state index >= 15 is 0 Å². The predicted molar refractivity (Wildman–Crippen MR) is 151 cm³/mol. The van der Waals surface area contributed by atoms with Crippen LogP contribution in [-0.4, -0.2) is 82.4 Å². The number of nitrogens with zero attached hydrogens (tertiary/aromatic N) is 2. The van der Waals surface area contributed by atoms with E-state index in [0.717, 1.165) is 30.5 Å². The molecule has 3 saturated heterocycles. The Bertz CT molecular complexity index is 1280. The molecule has 3 heterocycles. The fraction of sp³-hybridized carbons (Fsp3) is 0.548. The van der Waals surface area contributed by atoms with Crippen LogP contribution in [0, 0.1) is 5.92 Å². The van der Waals surface area contributed by atoms with Crippen molar-refractivity contribution in [3.05, 3.63) is 65.2 Å². The Balaban J connectivity index is 1.36. The topological polar surface area (TPSA) is 112 Å². The minimum Gasteiger partial charge on any atom is -0.395 e. The average molecular weight is 606 g/mol. The van der Waals surface area contributed by atoms with Crippen molar-refractivity contribution in [2.24, 2.45) is 5.92 Å². The van der Waals surface area contributed by atoms with Crippen molar-refractivity contribution in [3.63, 3.8) is 0 Å². The third kappa shape index (κ3) is 7.04. The van der Waals surface area contributed by atoms with Crippen LogP contribution in [0.15, 0.2) is 48.5 Å². The molecule has 2 amide bonds. The van der Waals surface area contributed by atoms with Crippen molar-refractivity contribution in [2.45, 2.75) is 76.0 Å². The lowest BCUT2D eigenvalue weighted by Gasteiger charge is -2.43. The molecule has 43 heavy (non-hydrogen) atoms. The van der Waals surface area contributed by atoms with Gasteiger partial charge in [-0.1, -0.05) is 43.3 Å². The van der Waals surface area contributed by atoms with E-state index in [0.29, 0.717) is 29.1 Å². The number of hydrogen-bond donors (Lipinski definition) is 3.